The molecule has 0 aliphatic heterocycles. The fourth-order valence-corrected chi connectivity index (χ4v) is 2.62. The molecule has 0 aromatic carbocycles. The second kappa shape index (κ2) is 6.83. The smallest absolute Gasteiger partial charge is 0.347 e. The Morgan fingerprint density at radius 2 is 2.17 bits per heavy atom. The molecule has 0 fully saturated rings. The number of thiazole rings is 1. The number of hydrogen-bond donors (Lipinski definition) is 3. The van der Waals surface area contributed by atoms with Crippen LogP contribution in [0.3, 0.4) is 0 Å². The van der Waals surface area contributed by atoms with Gasteiger partial charge in [-0.05, 0) is 6.42 Å². The lowest BCUT2D eigenvalue weighted by Crippen LogP contribution is -2.19. The average Bonchev–Trinajstić information content (AvgIpc) is 2.76. The Labute approximate surface area is 112 Å². The lowest BCUT2D eigenvalue weighted by atomic mass is 10.2. The molecule has 0 spiro atoms. The van der Waals surface area contributed by atoms with E-state index in [1.807, 2.05) is 0 Å². The number of carbonyl (C=O) groups is 2. The van der Waals surface area contributed by atoms with E-state index in [0.29, 0.717) is 5.75 Å². The van der Waals surface area contributed by atoms with E-state index in [1.54, 1.807) is 0 Å². The largest absolute Gasteiger partial charge is 0.477 e. The van der Waals surface area contributed by atoms with Crippen LogP contribution in [-0.4, -0.2) is 43.2 Å². The minimum atomic E-state index is -1.23. The van der Waals surface area contributed by atoms with Gasteiger partial charge in [-0.3, -0.25) is 4.79 Å². The number of aromatic carboxylic acids is 1. The molecule has 18 heavy (non-hydrogen) atoms. The summed E-state index contributed by atoms with van der Waals surface area (Å²) in [6.45, 7) is 1.42. The van der Waals surface area contributed by atoms with E-state index in [1.165, 1.54) is 6.92 Å². The minimum Gasteiger partial charge on any atom is -0.477 e. The van der Waals surface area contributed by atoms with E-state index in [2.05, 4.69) is 4.98 Å². The predicted octanol–water partition coefficient (Wildman–Crippen LogP) is 0.905. The fourth-order valence-electron chi connectivity index (χ4n) is 1.17. The molecule has 8 heteroatoms. The van der Waals surface area contributed by atoms with Gasteiger partial charge < -0.3 is 15.3 Å². The summed E-state index contributed by atoms with van der Waals surface area (Å²) in [5, 5.41) is 28.2. The first kappa shape index (κ1) is 15.1. The predicted molar refractivity (Wildman–Crippen MR) is 67.8 cm³/mol. The molecule has 3 N–H and O–H groups in total. The van der Waals surface area contributed by atoms with Crippen LogP contribution < -0.4 is 0 Å². The molecular formula is C10H13NO5S2. The van der Waals surface area contributed by atoms with Crippen molar-refractivity contribution in [1.29, 1.82) is 0 Å². The number of carboxylic acids is 1. The van der Waals surface area contributed by atoms with Gasteiger partial charge in [-0.25, -0.2) is 9.78 Å². The van der Waals surface area contributed by atoms with Gasteiger partial charge in [0.15, 0.2) is 5.12 Å². The van der Waals surface area contributed by atoms with Gasteiger partial charge in [-0.1, -0.05) is 11.8 Å². The number of hydrogen-bond acceptors (Lipinski definition) is 7. The molecule has 2 unspecified atom stereocenters. The van der Waals surface area contributed by atoms with Crippen molar-refractivity contribution in [1.82, 2.24) is 4.98 Å². The number of thioether (sulfide) groups is 1. The molecule has 1 aromatic heterocycles. The molecular weight excluding hydrogens is 278 g/mol. The molecule has 100 valence electrons. The zero-order valence-corrected chi connectivity index (χ0v) is 11.2. The summed E-state index contributed by atoms with van der Waals surface area (Å²) >= 11 is 1.88. The molecule has 0 aliphatic rings. The second-order valence-electron chi connectivity index (χ2n) is 3.51. The van der Waals surface area contributed by atoms with Gasteiger partial charge in [0.1, 0.15) is 16.0 Å². The Hall–Kier alpha value is -0.960. The number of aliphatic hydroxyl groups is 2. The van der Waals surface area contributed by atoms with Gasteiger partial charge >= 0.3 is 5.97 Å². The number of carboxylic acid groups (broad SMARTS) is 1. The van der Waals surface area contributed by atoms with Gasteiger partial charge in [-0.2, -0.15) is 0 Å². The molecule has 0 aliphatic carbocycles. The normalized spacial score (nSPS) is 14.2. The average molecular weight is 291 g/mol. The molecule has 0 saturated heterocycles. The highest BCUT2D eigenvalue weighted by Gasteiger charge is 2.22. The van der Waals surface area contributed by atoms with Crippen LogP contribution in [0.2, 0.25) is 0 Å². The maximum atomic E-state index is 10.7. The van der Waals surface area contributed by atoms with E-state index in [9.17, 15) is 19.8 Å². The van der Waals surface area contributed by atoms with Crippen LogP contribution in [0.15, 0.2) is 6.20 Å². The summed E-state index contributed by atoms with van der Waals surface area (Å²) < 4.78 is 0. The number of carbonyl (C=O) groups excluding carboxylic acids is 1. The van der Waals surface area contributed by atoms with E-state index in [-0.39, 0.29) is 21.4 Å². The van der Waals surface area contributed by atoms with Crippen molar-refractivity contribution >= 4 is 34.2 Å². The molecule has 0 amide bonds. The summed E-state index contributed by atoms with van der Waals surface area (Å²) in [5.74, 6) is -0.724. The van der Waals surface area contributed by atoms with Crippen LogP contribution in [0.4, 0.5) is 0 Å². The molecule has 1 heterocycles. The Morgan fingerprint density at radius 3 is 2.67 bits per heavy atom. The van der Waals surface area contributed by atoms with Crippen LogP contribution in [0, 0.1) is 0 Å². The van der Waals surface area contributed by atoms with Crippen molar-refractivity contribution < 1.29 is 24.9 Å². The van der Waals surface area contributed by atoms with Gasteiger partial charge in [0.2, 0.25) is 0 Å². The molecule has 6 nitrogen and oxygen atoms in total. The molecule has 0 radical (unpaired) electrons. The minimum absolute atomic E-state index is 0.00867. The van der Waals surface area contributed by atoms with Crippen molar-refractivity contribution in [3.8, 4) is 0 Å². The van der Waals surface area contributed by atoms with E-state index >= 15 is 0 Å². The van der Waals surface area contributed by atoms with Crippen molar-refractivity contribution in [2.45, 2.75) is 25.6 Å². The summed E-state index contributed by atoms with van der Waals surface area (Å²) in [6.07, 6.45) is -0.920. The quantitative estimate of drug-likeness (QED) is 0.714. The molecule has 1 rings (SSSR count). The first-order chi connectivity index (χ1) is 8.41. The van der Waals surface area contributed by atoms with E-state index < -0.39 is 18.2 Å². The summed E-state index contributed by atoms with van der Waals surface area (Å²) in [7, 11) is 0. The summed E-state index contributed by atoms with van der Waals surface area (Å²) in [4.78, 5) is 25.1. The zero-order chi connectivity index (χ0) is 13.7. The van der Waals surface area contributed by atoms with Crippen molar-refractivity contribution in [3.05, 3.63) is 16.1 Å². The highest BCUT2D eigenvalue weighted by molar-refractivity contribution is 8.13. The highest BCUT2D eigenvalue weighted by atomic mass is 32.2. The Kier molecular flexibility index (Phi) is 5.73. The van der Waals surface area contributed by atoms with E-state index in [0.717, 1.165) is 29.3 Å². The third-order valence-corrected chi connectivity index (χ3v) is 3.97. The maximum absolute atomic E-state index is 10.7. The van der Waals surface area contributed by atoms with Crippen LogP contribution in [-0.2, 0) is 4.79 Å². The number of rotatable bonds is 6. The molecule has 2 atom stereocenters. The van der Waals surface area contributed by atoms with Crippen LogP contribution in [0.1, 0.15) is 34.1 Å². The lowest BCUT2D eigenvalue weighted by Gasteiger charge is -2.14. The maximum Gasteiger partial charge on any atom is 0.347 e. The standard InChI is InChI=1S/C10H13NO5S2/c1-5(12)17-3-2-6(13)8(14)9-11-4-7(18-9)10(15)16/h4,6,8,13-14H,2-3H2,1H3,(H,15,16). The summed E-state index contributed by atoms with van der Waals surface area (Å²) in [6, 6.07) is 0. The monoisotopic (exact) mass is 291 g/mol. The topological polar surface area (TPSA) is 108 Å². The first-order valence-corrected chi connectivity index (χ1v) is 6.90. The first-order valence-electron chi connectivity index (χ1n) is 5.10. The van der Waals surface area contributed by atoms with Gasteiger partial charge in [0.05, 0.1) is 12.3 Å². The molecule has 0 saturated carbocycles. The van der Waals surface area contributed by atoms with E-state index in [4.69, 9.17) is 5.11 Å². The van der Waals surface area contributed by atoms with Crippen LogP contribution in [0.25, 0.3) is 0 Å². The Morgan fingerprint density at radius 1 is 1.50 bits per heavy atom. The third kappa shape index (κ3) is 4.37. The van der Waals surface area contributed by atoms with Crippen molar-refractivity contribution in [2.24, 2.45) is 0 Å². The summed E-state index contributed by atoms with van der Waals surface area (Å²) in [5.41, 5.74) is 0. The lowest BCUT2D eigenvalue weighted by molar-refractivity contribution is -0.109. The Bertz CT molecular complexity index is 434. The molecule has 1 aromatic rings. The zero-order valence-electron chi connectivity index (χ0n) is 9.57. The number of aliphatic hydroxyl groups excluding tert-OH is 2. The Balaban J connectivity index is 2.53. The van der Waals surface area contributed by atoms with Crippen LogP contribution >= 0.6 is 23.1 Å². The highest BCUT2D eigenvalue weighted by Crippen LogP contribution is 2.24. The van der Waals surface area contributed by atoms with Crippen molar-refractivity contribution in [3.63, 3.8) is 0 Å². The van der Waals surface area contributed by atoms with Crippen molar-refractivity contribution in [2.75, 3.05) is 5.75 Å². The van der Waals surface area contributed by atoms with Gasteiger partial charge in [0.25, 0.3) is 0 Å². The molecule has 0 bridgehead atoms. The second-order valence-corrected chi connectivity index (χ2v) is 5.84. The van der Waals surface area contributed by atoms with Gasteiger partial charge in [0, 0.05) is 12.7 Å². The number of nitrogens with zero attached hydrogens (tertiary/aromatic N) is 1. The van der Waals surface area contributed by atoms with Gasteiger partial charge in [-0.15, -0.1) is 11.3 Å². The third-order valence-electron chi connectivity index (χ3n) is 2.07. The number of aromatic nitrogens is 1. The fraction of sp³-hybridized carbons (Fsp3) is 0.500. The van der Waals surface area contributed by atoms with Crippen LogP contribution in [0.5, 0.6) is 0 Å². The SMILES string of the molecule is CC(=O)SCCC(O)C(O)c1ncc(C(=O)O)s1.